The number of fused-ring (bicyclic) bond motifs is 8. The molecule has 0 aliphatic heterocycles. The molecular weight excluding hydrogens is 404 g/mol. The molecule has 33 heavy (non-hydrogen) atoms. The lowest BCUT2D eigenvalue weighted by Crippen LogP contribution is -2.26. The van der Waals surface area contributed by atoms with Crippen molar-refractivity contribution in [2.45, 2.75) is 46.1 Å². The highest BCUT2D eigenvalue weighted by molar-refractivity contribution is 6.25. The van der Waals surface area contributed by atoms with Crippen LogP contribution in [0.25, 0.3) is 32.3 Å². The lowest BCUT2D eigenvalue weighted by Gasteiger charge is -2.31. The number of hydrogen-bond donors (Lipinski definition) is 0. The monoisotopic (exact) mass is 436 g/mol. The van der Waals surface area contributed by atoms with Gasteiger partial charge in [-0.1, -0.05) is 74.5 Å². The molecule has 0 aromatic heterocycles. The van der Waals surface area contributed by atoms with Crippen molar-refractivity contribution in [3.63, 3.8) is 0 Å². The Labute approximate surface area is 195 Å². The van der Waals surface area contributed by atoms with Crippen LogP contribution in [0.2, 0.25) is 0 Å². The molecule has 2 fully saturated rings. The van der Waals surface area contributed by atoms with Gasteiger partial charge in [-0.05, 0) is 93.3 Å². The highest BCUT2D eigenvalue weighted by Gasteiger charge is 2.49. The average molecular weight is 437 g/mol. The summed E-state index contributed by atoms with van der Waals surface area (Å²) in [6.07, 6.45) is 2.84. The fraction of sp³-hybridized carbons (Fsp3) is 0.387. The van der Waals surface area contributed by atoms with Gasteiger partial charge in [0.15, 0.2) is 0 Å². The van der Waals surface area contributed by atoms with E-state index in [0.717, 1.165) is 23.3 Å². The summed E-state index contributed by atoms with van der Waals surface area (Å²) < 4.78 is 5.98. The van der Waals surface area contributed by atoms with Crippen LogP contribution in [0, 0.1) is 29.6 Å². The van der Waals surface area contributed by atoms with Crippen molar-refractivity contribution in [3.8, 4) is 0 Å². The second-order valence-corrected chi connectivity index (χ2v) is 10.6. The molecule has 0 saturated heterocycles. The summed E-state index contributed by atoms with van der Waals surface area (Å²) in [6.45, 7) is 6.77. The average Bonchev–Trinajstić information content (AvgIpc) is 3.37. The first-order chi connectivity index (χ1) is 16.0. The minimum Gasteiger partial charge on any atom is -0.458 e. The second-order valence-electron chi connectivity index (χ2n) is 10.6. The van der Waals surface area contributed by atoms with Crippen LogP contribution in [0.5, 0.6) is 0 Å². The predicted molar refractivity (Wildman–Crippen MR) is 136 cm³/mol. The van der Waals surface area contributed by atoms with Crippen molar-refractivity contribution in [3.05, 3.63) is 72.3 Å². The standard InChI is InChI=1S/C31H32O2/c1-18-19(2)29-16-22(18)14-23(29)17-31(32)33-20(3)21-12-13-28-26-10-5-4-8-24(26)25-9-6-7-11-27(25)30(28)15-21/h4-13,15,18-20,22-23,29H,14,16-17H2,1-3H3. The van der Waals surface area contributed by atoms with Crippen LogP contribution in [-0.2, 0) is 9.53 Å². The van der Waals surface area contributed by atoms with Crippen molar-refractivity contribution in [2.75, 3.05) is 0 Å². The quantitative estimate of drug-likeness (QED) is 0.239. The fourth-order valence-corrected chi connectivity index (χ4v) is 7.03. The van der Waals surface area contributed by atoms with Gasteiger partial charge in [-0.3, -0.25) is 4.79 Å². The Hall–Kier alpha value is -2.87. The van der Waals surface area contributed by atoms with Crippen molar-refractivity contribution < 1.29 is 9.53 Å². The van der Waals surface area contributed by atoms with Gasteiger partial charge in [0.2, 0.25) is 0 Å². The summed E-state index contributed by atoms with van der Waals surface area (Å²) in [5.41, 5.74) is 1.06. The minimum atomic E-state index is -0.248. The number of carbonyl (C=O) groups is 1. The zero-order valence-corrected chi connectivity index (χ0v) is 19.8. The van der Waals surface area contributed by atoms with Gasteiger partial charge in [0, 0.05) is 6.42 Å². The first kappa shape index (κ1) is 20.7. The highest BCUT2D eigenvalue weighted by atomic mass is 16.5. The van der Waals surface area contributed by atoms with Crippen LogP contribution in [0.3, 0.4) is 0 Å². The number of hydrogen-bond acceptors (Lipinski definition) is 2. The van der Waals surface area contributed by atoms with Gasteiger partial charge in [-0.25, -0.2) is 0 Å². The molecule has 4 aromatic rings. The maximum Gasteiger partial charge on any atom is 0.306 e. The van der Waals surface area contributed by atoms with E-state index in [9.17, 15) is 4.79 Å². The van der Waals surface area contributed by atoms with Crippen molar-refractivity contribution in [2.24, 2.45) is 29.6 Å². The van der Waals surface area contributed by atoms with Crippen LogP contribution in [0.1, 0.15) is 51.7 Å². The molecule has 2 heteroatoms. The Balaban J connectivity index is 1.28. The maximum atomic E-state index is 12.9. The molecule has 0 spiro atoms. The SMILES string of the molecule is CC(OC(=O)CC1CC2CC1C(C)C2C)c1ccc2c3ccccc3c3ccccc3c2c1. The molecule has 6 rings (SSSR count). The molecular formula is C31H32O2. The van der Waals surface area contributed by atoms with E-state index in [4.69, 9.17) is 4.74 Å². The summed E-state index contributed by atoms with van der Waals surface area (Å²) in [5.74, 6) is 3.53. The molecule has 2 bridgehead atoms. The van der Waals surface area contributed by atoms with Gasteiger partial charge in [-0.15, -0.1) is 0 Å². The van der Waals surface area contributed by atoms with Crippen LogP contribution in [0.4, 0.5) is 0 Å². The van der Waals surface area contributed by atoms with E-state index in [1.165, 1.54) is 45.2 Å². The molecule has 6 atom stereocenters. The number of benzene rings is 4. The van der Waals surface area contributed by atoms with E-state index in [-0.39, 0.29) is 12.1 Å². The zero-order chi connectivity index (χ0) is 22.7. The summed E-state index contributed by atoms with van der Waals surface area (Å²) in [7, 11) is 0. The second kappa shape index (κ2) is 7.87. The molecule has 0 amide bonds. The lowest BCUT2D eigenvalue weighted by atomic mass is 9.74. The van der Waals surface area contributed by atoms with Gasteiger partial charge in [-0.2, -0.15) is 0 Å². The Morgan fingerprint density at radius 1 is 0.818 bits per heavy atom. The third-order valence-corrected chi connectivity index (χ3v) is 9.01. The van der Waals surface area contributed by atoms with Gasteiger partial charge < -0.3 is 4.74 Å². The van der Waals surface area contributed by atoms with Crippen LogP contribution < -0.4 is 0 Å². The molecule has 2 aliphatic rings. The first-order valence-electron chi connectivity index (χ1n) is 12.5. The summed E-state index contributed by atoms with van der Waals surface area (Å²) in [6, 6.07) is 23.8. The largest absolute Gasteiger partial charge is 0.458 e. The van der Waals surface area contributed by atoms with Gasteiger partial charge in [0.05, 0.1) is 0 Å². The Bertz CT molecular complexity index is 1330. The molecule has 0 N–H and O–H groups in total. The molecule has 168 valence electrons. The number of carbonyl (C=O) groups excluding carboxylic acids is 1. The Morgan fingerprint density at radius 2 is 1.39 bits per heavy atom. The molecule has 2 saturated carbocycles. The highest BCUT2D eigenvalue weighted by Crippen LogP contribution is 2.56. The normalized spacial score (nSPS) is 27.4. The molecule has 0 radical (unpaired) electrons. The van der Waals surface area contributed by atoms with Crippen LogP contribution in [0.15, 0.2) is 66.7 Å². The number of rotatable bonds is 4. The summed E-state index contributed by atoms with van der Waals surface area (Å²) in [4.78, 5) is 12.9. The predicted octanol–water partition coefficient (Wildman–Crippen LogP) is 8.07. The van der Waals surface area contributed by atoms with Crippen LogP contribution in [-0.4, -0.2) is 5.97 Å². The third-order valence-electron chi connectivity index (χ3n) is 9.01. The van der Waals surface area contributed by atoms with Crippen molar-refractivity contribution in [1.82, 2.24) is 0 Å². The topological polar surface area (TPSA) is 26.3 Å². The number of esters is 1. The summed E-state index contributed by atoms with van der Waals surface area (Å²) >= 11 is 0. The van der Waals surface area contributed by atoms with E-state index in [1.54, 1.807) is 0 Å². The van der Waals surface area contributed by atoms with Gasteiger partial charge in [0.1, 0.15) is 6.10 Å². The van der Waals surface area contributed by atoms with Gasteiger partial charge in [0.25, 0.3) is 0 Å². The molecule has 4 aromatic carbocycles. The molecule has 2 nitrogen and oxygen atoms in total. The molecule has 0 heterocycles. The van der Waals surface area contributed by atoms with E-state index >= 15 is 0 Å². The maximum absolute atomic E-state index is 12.9. The molecule has 6 unspecified atom stereocenters. The Morgan fingerprint density at radius 3 is 1.97 bits per heavy atom. The van der Waals surface area contributed by atoms with Crippen molar-refractivity contribution >= 4 is 38.3 Å². The Kier molecular flexibility index (Phi) is 4.94. The summed E-state index contributed by atoms with van der Waals surface area (Å²) in [5, 5.41) is 7.53. The number of ether oxygens (including phenoxy) is 1. The van der Waals surface area contributed by atoms with Crippen LogP contribution >= 0.6 is 0 Å². The smallest absolute Gasteiger partial charge is 0.306 e. The van der Waals surface area contributed by atoms with E-state index < -0.39 is 0 Å². The third kappa shape index (κ3) is 3.34. The van der Waals surface area contributed by atoms with E-state index in [2.05, 4.69) is 80.6 Å². The fourth-order valence-electron chi connectivity index (χ4n) is 7.03. The van der Waals surface area contributed by atoms with Gasteiger partial charge >= 0.3 is 5.97 Å². The minimum absolute atomic E-state index is 0.0385. The van der Waals surface area contributed by atoms with E-state index in [0.29, 0.717) is 18.3 Å². The first-order valence-corrected chi connectivity index (χ1v) is 12.5. The van der Waals surface area contributed by atoms with E-state index in [1.807, 2.05) is 6.92 Å². The lowest BCUT2D eigenvalue weighted by molar-refractivity contribution is -0.150. The zero-order valence-electron chi connectivity index (χ0n) is 19.8. The molecule has 2 aliphatic carbocycles. The van der Waals surface area contributed by atoms with Crippen molar-refractivity contribution in [1.29, 1.82) is 0 Å².